The van der Waals surface area contributed by atoms with Crippen molar-refractivity contribution in [2.75, 3.05) is 0 Å². The molecule has 98 valence electrons. The normalized spacial score (nSPS) is 22.2. The Morgan fingerprint density at radius 3 is 2.56 bits per heavy atom. The molecule has 1 aromatic carbocycles. The Hall–Kier alpha value is -1.28. The van der Waals surface area contributed by atoms with Gasteiger partial charge in [0.2, 0.25) is 5.79 Å². The van der Waals surface area contributed by atoms with Crippen LogP contribution in [0.5, 0.6) is 0 Å². The van der Waals surface area contributed by atoms with Gasteiger partial charge in [-0.1, -0.05) is 50.1 Å². The minimum Gasteiger partial charge on any atom is -0.470 e. The fourth-order valence-electron chi connectivity index (χ4n) is 2.20. The molecule has 0 bridgehead atoms. The third-order valence-electron chi connectivity index (χ3n) is 3.17. The zero-order valence-corrected chi connectivity index (χ0v) is 11.5. The number of hydrogen-bond acceptors (Lipinski definition) is 2. The topological polar surface area (TPSA) is 18.5 Å². The minimum atomic E-state index is -0.517. The number of benzene rings is 1. The van der Waals surface area contributed by atoms with Crippen LogP contribution in [0, 0.1) is 0 Å². The second-order valence-electron chi connectivity index (χ2n) is 5.21. The van der Waals surface area contributed by atoms with Gasteiger partial charge in [-0.15, -0.1) is 0 Å². The quantitative estimate of drug-likeness (QED) is 0.785. The van der Waals surface area contributed by atoms with Crippen molar-refractivity contribution in [3.63, 3.8) is 0 Å². The van der Waals surface area contributed by atoms with Gasteiger partial charge in [-0.2, -0.15) is 0 Å². The van der Waals surface area contributed by atoms with Crippen molar-refractivity contribution in [3.8, 4) is 0 Å². The summed E-state index contributed by atoms with van der Waals surface area (Å²) in [7, 11) is 0. The van der Waals surface area contributed by atoms with Crippen molar-refractivity contribution in [1.29, 1.82) is 0 Å². The van der Waals surface area contributed by atoms with Gasteiger partial charge in [0.05, 0.1) is 12.4 Å². The molecule has 2 rings (SSSR count). The molecular formula is C16H22O2. The standard InChI is InChI=1S/C16H22O2/c1-4-5-11-15-14(12-17-16(2,3)18-15)13-9-7-6-8-10-13/h6-10,12,15H,4-5,11H2,1-3H3. The molecule has 0 fully saturated rings. The second kappa shape index (κ2) is 5.57. The molecule has 0 radical (unpaired) electrons. The molecule has 2 nitrogen and oxygen atoms in total. The largest absolute Gasteiger partial charge is 0.470 e. The lowest BCUT2D eigenvalue weighted by atomic mass is 9.97. The highest BCUT2D eigenvalue weighted by Gasteiger charge is 2.31. The number of rotatable bonds is 4. The van der Waals surface area contributed by atoms with E-state index in [0.29, 0.717) is 0 Å². The smallest absolute Gasteiger partial charge is 0.204 e. The van der Waals surface area contributed by atoms with Gasteiger partial charge in [0.15, 0.2) is 0 Å². The highest BCUT2D eigenvalue weighted by Crippen LogP contribution is 2.33. The van der Waals surface area contributed by atoms with Gasteiger partial charge in [-0.05, 0) is 12.0 Å². The van der Waals surface area contributed by atoms with E-state index >= 15 is 0 Å². The Morgan fingerprint density at radius 1 is 1.17 bits per heavy atom. The van der Waals surface area contributed by atoms with Gasteiger partial charge in [0.25, 0.3) is 0 Å². The summed E-state index contributed by atoms with van der Waals surface area (Å²) < 4.78 is 11.7. The number of ether oxygens (including phenoxy) is 2. The maximum absolute atomic E-state index is 6.05. The summed E-state index contributed by atoms with van der Waals surface area (Å²) in [6, 6.07) is 10.3. The Balaban J connectivity index is 2.22. The average molecular weight is 246 g/mol. The van der Waals surface area contributed by atoms with Gasteiger partial charge in [0, 0.05) is 19.4 Å². The highest BCUT2D eigenvalue weighted by atomic mass is 16.7. The molecule has 1 atom stereocenters. The molecule has 1 aliphatic heterocycles. The van der Waals surface area contributed by atoms with Crippen LogP contribution < -0.4 is 0 Å². The van der Waals surface area contributed by atoms with Crippen molar-refractivity contribution in [3.05, 3.63) is 42.2 Å². The fraction of sp³-hybridized carbons (Fsp3) is 0.500. The Bertz CT molecular complexity index is 406. The first-order chi connectivity index (χ1) is 8.62. The third-order valence-corrected chi connectivity index (χ3v) is 3.17. The molecule has 1 unspecified atom stereocenters. The first-order valence-electron chi connectivity index (χ1n) is 6.73. The molecule has 1 aromatic rings. The van der Waals surface area contributed by atoms with Crippen molar-refractivity contribution in [2.45, 2.75) is 51.9 Å². The molecule has 2 heteroatoms. The Morgan fingerprint density at radius 2 is 1.89 bits per heavy atom. The number of unbranched alkanes of at least 4 members (excludes halogenated alkanes) is 1. The molecule has 18 heavy (non-hydrogen) atoms. The van der Waals surface area contributed by atoms with E-state index in [1.165, 1.54) is 18.4 Å². The van der Waals surface area contributed by atoms with Crippen LogP contribution in [0.1, 0.15) is 45.6 Å². The monoisotopic (exact) mass is 246 g/mol. The van der Waals surface area contributed by atoms with Crippen LogP contribution in [-0.2, 0) is 9.47 Å². The van der Waals surface area contributed by atoms with Crippen molar-refractivity contribution in [2.24, 2.45) is 0 Å². The lowest BCUT2D eigenvalue weighted by molar-refractivity contribution is -0.209. The third kappa shape index (κ3) is 3.14. The van der Waals surface area contributed by atoms with Crippen LogP contribution in [0.2, 0.25) is 0 Å². The van der Waals surface area contributed by atoms with Gasteiger partial charge in [0.1, 0.15) is 0 Å². The van der Waals surface area contributed by atoms with Crippen LogP contribution >= 0.6 is 0 Å². The van der Waals surface area contributed by atoms with Gasteiger partial charge < -0.3 is 9.47 Å². The lowest BCUT2D eigenvalue weighted by Gasteiger charge is -2.36. The van der Waals surface area contributed by atoms with Crippen LogP contribution in [0.25, 0.3) is 5.57 Å². The first-order valence-corrected chi connectivity index (χ1v) is 6.73. The van der Waals surface area contributed by atoms with Crippen LogP contribution in [-0.4, -0.2) is 11.9 Å². The zero-order chi connectivity index (χ0) is 13.0. The van der Waals surface area contributed by atoms with E-state index in [-0.39, 0.29) is 6.10 Å². The van der Waals surface area contributed by atoms with Crippen LogP contribution in [0.15, 0.2) is 36.6 Å². The van der Waals surface area contributed by atoms with Crippen molar-refractivity contribution in [1.82, 2.24) is 0 Å². The molecular weight excluding hydrogens is 224 g/mol. The molecule has 0 aromatic heterocycles. The summed E-state index contributed by atoms with van der Waals surface area (Å²) in [5.74, 6) is -0.517. The van der Waals surface area contributed by atoms with E-state index in [1.807, 2.05) is 38.3 Å². The predicted molar refractivity (Wildman–Crippen MR) is 74.0 cm³/mol. The predicted octanol–water partition coefficient (Wildman–Crippen LogP) is 4.37. The van der Waals surface area contributed by atoms with E-state index in [1.54, 1.807) is 0 Å². The molecule has 0 saturated carbocycles. The minimum absolute atomic E-state index is 0.135. The molecule has 0 amide bonds. The molecule has 0 N–H and O–H groups in total. The highest BCUT2D eigenvalue weighted by molar-refractivity contribution is 5.68. The van der Waals surface area contributed by atoms with Gasteiger partial charge >= 0.3 is 0 Å². The summed E-state index contributed by atoms with van der Waals surface area (Å²) in [6.45, 7) is 6.13. The van der Waals surface area contributed by atoms with Crippen LogP contribution in [0.3, 0.4) is 0 Å². The lowest BCUT2D eigenvalue weighted by Crippen LogP contribution is -2.36. The molecule has 1 heterocycles. The SMILES string of the molecule is CCCCC1OC(C)(C)OC=C1c1ccccc1. The summed E-state index contributed by atoms with van der Waals surface area (Å²) in [5.41, 5.74) is 2.34. The van der Waals surface area contributed by atoms with E-state index in [9.17, 15) is 0 Å². The average Bonchev–Trinajstić information content (AvgIpc) is 2.36. The van der Waals surface area contributed by atoms with Gasteiger partial charge in [-0.3, -0.25) is 0 Å². The van der Waals surface area contributed by atoms with E-state index in [0.717, 1.165) is 12.0 Å². The van der Waals surface area contributed by atoms with Crippen molar-refractivity contribution >= 4 is 5.57 Å². The summed E-state index contributed by atoms with van der Waals surface area (Å²) >= 11 is 0. The zero-order valence-electron chi connectivity index (χ0n) is 11.5. The maximum atomic E-state index is 6.05. The molecule has 0 spiro atoms. The van der Waals surface area contributed by atoms with Gasteiger partial charge in [-0.25, -0.2) is 0 Å². The Labute approximate surface area is 110 Å². The summed E-state index contributed by atoms with van der Waals surface area (Å²) in [4.78, 5) is 0. The van der Waals surface area contributed by atoms with Crippen molar-refractivity contribution < 1.29 is 9.47 Å². The molecule has 0 aliphatic carbocycles. The first kappa shape index (κ1) is 13.2. The summed E-state index contributed by atoms with van der Waals surface area (Å²) in [6.07, 6.45) is 5.41. The van der Waals surface area contributed by atoms with E-state index in [4.69, 9.17) is 9.47 Å². The molecule has 0 saturated heterocycles. The second-order valence-corrected chi connectivity index (χ2v) is 5.21. The Kier molecular flexibility index (Phi) is 4.07. The van der Waals surface area contributed by atoms with Crippen LogP contribution in [0.4, 0.5) is 0 Å². The number of hydrogen-bond donors (Lipinski definition) is 0. The van der Waals surface area contributed by atoms with E-state index in [2.05, 4.69) is 19.1 Å². The van der Waals surface area contributed by atoms with E-state index < -0.39 is 5.79 Å². The summed E-state index contributed by atoms with van der Waals surface area (Å²) in [5, 5.41) is 0. The molecule has 1 aliphatic rings. The maximum Gasteiger partial charge on any atom is 0.204 e. The fourth-order valence-corrected chi connectivity index (χ4v) is 2.20.